The summed E-state index contributed by atoms with van der Waals surface area (Å²) in [5.74, 6) is 2.52. The van der Waals surface area contributed by atoms with E-state index in [-0.39, 0.29) is 6.10 Å². The van der Waals surface area contributed by atoms with E-state index >= 15 is 0 Å². The molecule has 0 saturated carbocycles. The second kappa shape index (κ2) is 7.87. The molecule has 2 aromatic carbocycles. The first-order valence-electron chi connectivity index (χ1n) is 11.1. The van der Waals surface area contributed by atoms with Gasteiger partial charge in [0, 0.05) is 12.5 Å². The van der Waals surface area contributed by atoms with E-state index in [4.69, 9.17) is 9.47 Å². The zero-order valence-corrected chi connectivity index (χ0v) is 17.4. The van der Waals surface area contributed by atoms with Gasteiger partial charge >= 0.3 is 0 Å². The lowest BCUT2D eigenvalue weighted by molar-refractivity contribution is 0.0681. The maximum Gasteiger partial charge on any atom is 0.142 e. The van der Waals surface area contributed by atoms with E-state index in [0.29, 0.717) is 30.4 Å². The molecule has 3 aliphatic rings. The number of ether oxygens (including phenoxy) is 2. The number of hydrogen-bond acceptors (Lipinski definition) is 3. The van der Waals surface area contributed by atoms with Crippen LogP contribution in [0.1, 0.15) is 67.7 Å². The summed E-state index contributed by atoms with van der Waals surface area (Å²) in [6, 6.07) is 16.0. The number of rotatable bonds is 5. The second-order valence-electron chi connectivity index (χ2n) is 8.96. The largest absolute Gasteiger partial charge is 0.489 e. The Morgan fingerprint density at radius 3 is 2.76 bits per heavy atom. The molecule has 2 aliphatic heterocycles. The minimum absolute atomic E-state index is 0.230. The molecular formula is C26H31NO2. The van der Waals surface area contributed by atoms with Gasteiger partial charge in [-0.15, -0.1) is 0 Å². The Hall–Kier alpha value is -2.26. The van der Waals surface area contributed by atoms with Crippen molar-refractivity contribution in [2.45, 2.75) is 57.1 Å². The molecule has 2 aromatic rings. The fourth-order valence-corrected chi connectivity index (χ4v) is 5.09. The molecule has 4 unspecified atom stereocenters. The Morgan fingerprint density at radius 1 is 1.14 bits per heavy atom. The van der Waals surface area contributed by atoms with E-state index in [0.717, 1.165) is 37.3 Å². The molecule has 5 rings (SSSR count). The van der Waals surface area contributed by atoms with Crippen molar-refractivity contribution in [3.8, 4) is 5.75 Å². The number of nitrogens with one attached hydrogen (secondary N) is 1. The molecular weight excluding hydrogens is 358 g/mol. The van der Waals surface area contributed by atoms with Gasteiger partial charge in [-0.3, -0.25) is 0 Å². The van der Waals surface area contributed by atoms with Gasteiger partial charge < -0.3 is 14.8 Å². The Morgan fingerprint density at radius 2 is 2.00 bits per heavy atom. The maximum atomic E-state index is 6.26. The number of hydrogen-bond donors (Lipinski definition) is 1. The highest BCUT2D eigenvalue weighted by atomic mass is 16.5. The highest BCUT2D eigenvalue weighted by molar-refractivity contribution is 5.67. The van der Waals surface area contributed by atoms with Crippen molar-refractivity contribution in [2.24, 2.45) is 5.92 Å². The first-order chi connectivity index (χ1) is 14.2. The molecule has 1 saturated heterocycles. The average molecular weight is 390 g/mol. The van der Waals surface area contributed by atoms with Crippen molar-refractivity contribution in [3.63, 3.8) is 0 Å². The van der Waals surface area contributed by atoms with Crippen LogP contribution in [0, 0.1) is 5.92 Å². The van der Waals surface area contributed by atoms with Crippen LogP contribution in [0.4, 0.5) is 5.69 Å². The first kappa shape index (κ1) is 18.7. The van der Waals surface area contributed by atoms with Crippen LogP contribution in [0.15, 0.2) is 54.6 Å². The summed E-state index contributed by atoms with van der Waals surface area (Å²) in [6.07, 6.45) is 8.33. The number of anilines is 1. The van der Waals surface area contributed by atoms with E-state index in [1.165, 1.54) is 16.7 Å². The number of fused-ring (bicyclic) bond motifs is 3. The topological polar surface area (TPSA) is 30.5 Å². The molecule has 1 fully saturated rings. The van der Waals surface area contributed by atoms with Crippen LogP contribution in [-0.4, -0.2) is 19.3 Å². The average Bonchev–Trinajstić information content (AvgIpc) is 3.44. The molecule has 1 N–H and O–H groups in total. The molecule has 4 atom stereocenters. The standard InChI is InChI=1S/C26H31NO2/c1-17(2)18-11-13-19(14-12-18)25-22-8-3-7-21(22)23-9-4-10-24(26(23)27-25)29-16-20-6-5-15-28-20/h3-4,7,9-14,17,20-22,25,27H,5-6,8,15-16H2,1-2H3. The summed E-state index contributed by atoms with van der Waals surface area (Å²) in [6.45, 7) is 6.00. The Kier molecular flexibility index (Phi) is 5.09. The fraction of sp³-hybridized carbons (Fsp3) is 0.462. The van der Waals surface area contributed by atoms with Gasteiger partial charge in [-0.05, 0) is 53.9 Å². The van der Waals surface area contributed by atoms with Crippen LogP contribution in [0.3, 0.4) is 0 Å². The van der Waals surface area contributed by atoms with Gasteiger partial charge in [0.25, 0.3) is 0 Å². The van der Waals surface area contributed by atoms with Gasteiger partial charge in [0.1, 0.15) is 12.4 Å². The highest BCUT2D eigenvalue weighted by Gasteiger charge is 2.39. The summed E-state index contributed by atoms with van der Waals surface area (Å²) in [5.41, 5.74) is 5.29. The third-order valence-electron chi connectivity index (χ3n) is 6.77. The van der Waals surface area contributed by atoms with E-state index < -0.39 is 0 Å². The molecule has 152 valence electrons. The van der Waals surface area contributed by atoms with Gasteiger partial charge in [-0.1, -0.05) is 62.4 Å². The van der Waals surface area contributed by atoms with Crippen LogP contribution >= 0.6 is 0 Å². The summed E-state index contributed by atoms with van der Waals surface area (Å²) in [4.78, 5) is 0. The molecule has 0 aromatic heterocycles. The van der Waals surface area contributed by atoms with Gasteiger partial charge in [0.2, 0.25) is 0 Å². The van der Waals surface area contributed by atoms with Gasteiger partial charge in [-0.2, -0.15) is 0 Å². The smallest absolute Gasteiger partial charge is 0.142 e. The summed E-state index contributed by atoms with van der Waals surface area (Å²) < 4.78 is 12.0. The molecule has 0 radical (unpaired) electrons. The van der Waals surface area contributed by atoms with E-state index in [1.807, 2.05) is 0 Å². The Labute approximate surface area is 174 Å². The van der Waals surface area contributed by atoms with Crippen molar-refractivity contribution in [1.29, 1.82) is 0 Å². The van der Waals surface area contributed by atoms with Crippen molar-refractivity contribution < 1.29 is 9.47 Å². The maximum absolute atomic E-state index is 6.26. The van der Waals surface area contributed by atoms with Crippen molar-refractivity contribution in [3.05, 3.63) is 71.3 Å². The Balaban J connectivity index is 1.44. The van der Waals surface area contributed by atoms with Crippen LogP contribution in [-0.2, 0) is 4.74 Å². The summed E-state index contributed by atoms with van der Waals surface area (Å²) >= 11 is 0. The third-order valence-corrected chi connectivity index (χ3v) is 6.77. The zero-order chi connectivity index (χ0) is 19.8. The molecule has 0 bridgehead atoms. The minimum atomic E-state index is 0.230. The zero-order valence-electron chi connectivity index (χ0n) is 17.4. The number of para-hydroxylation sites is 1. The van der Waals surface area contributed by atoms with Gasteiger partial charge in [0.05, 0.1) is 17.8 Å². The van der Waals surface area contributed by atoms with Crippen molar-refractivity contribution >= 4 is 5.69 Å². The summed E-state index contributed by atoms with van der Waals surface area (Å²) in [5, 5.41) is 3.87. The van der Waals surface area contributed by atoms with Crippen LogP contribution in [0.2, 0.25) is 0 Å². The van der Waals surface area contributed by atoms with Gasteiger partial charge in [-0.25, -0.2) is 0 Å². The van der Waals surface area contributed by atoms with Crippen LogP contribution in [0.25, 0.3) is 0 Å². The van der Waals surface area contributed by atoms with Crippen LogP contribution < -0.4 is 10.1 Å². The number of allylic oxidation sites excluding steroid dienone is 2. The molecule has 3 nitrogen and oxygen atoms in total. The minimum Gasteiger partial charge on any atom is -0.489 e. The molecule has 1 aliphatic carbocycles. The van der Waals surface area contributed by atoms with Crippen molar-refractivity contribution in [1.82, 2.24) is 0 Å². The van der Waals surface area contributed by atoms with Crippen molar-refractivity contribution in [2.75, 3.05) is 18.5 Å². The molecule has 0 spiro atoms. The predicted octanol–water partition coefficient (Wildman–Crippen LogP) is 6.19. The number of benzene rings is 2. The monoisotopic (exact) mass is 389 g/mol. The first-order valence-corrected chi connectivity index (χ1v) is 11.1. The molecule has 0 amide bonds. The lowest BCUT2D eigenvalue weighted by atomic mass is 9.76. The lowest BCUT2D eigenvalue weighted by Gasteiger charge is -2.38. The van der Waals surface area contributed by atoms with Crippen LogP contribution in [0.5, 0.6) is 5.75 Å². The second-order valence-corrected chi connectivity index (χ2v) is 8.96. The molecule has 2 heterocycles. The SMILES string of the molecule is CC(C)c1ccc(C2Nc3c(OCC4CCCO4)cccc3C3C=CCC32)cc1. The van der Waals surface area contributed by atoms with E-state index in [9.17, 15) is 0 Å². The summed E-state index contributed by atoms with van der Waals surface area (Å²) in [7, 11) is 0. The predicted molar refractivity (Wildman–Crippen MR) is 118 cm³/mol. The van der Waals surface area contributed by atoms with E-state index in [2.05, 4.69) is 73.8 Å². The quantitative estimate of drug-likeness (QED) is 0.618. The van der Waals surface area contributed by atoms with Gasteiger partial charge in [0.15, 0.2) is 0 Å². The Bertz CT molecular complexity index is 880. The lowest BCUT2D eigenvalue weighted by Crippen LogP contribution is -2.29. The molecule has 3 heteroatoms. The van der Waals surface area contributed by atoms with E-state index in [1.54, 1.807) is 0 Å². The normalized spacial score (nSPS) is 27.6. The fourth-order valence-electron chi connectivity index (χ4n) is 5.09. The highest BCUT2D eigenvalue weighted by Crippen LogP contribution is 2.52. The molecule has 29 heavy (non-hydrogen) atoms. The third kappa shape index (κ3) is 3.57.